The highest BCUT2D eigenvalue weighted by molar-refractivity contribution is 6.08. The summed E-state index contributed by atoms with van der Waals surface area (Å²) in [6, 6.07) is 23.6. The van der Waals surface area contributed by atoms with E-state index in [-0.39, 0.29) is 11.6 Å². The number of para-hydroxylation sites is 3. The van der Waals surface area contributed by atoms with Crippen LogP contribution in [0.3, 0.4) is 0 Å². The summed E-state index contributed by atoms with van der Waals surface area (Å²) in [7, 11) is 1.81. The lowest BCUT2D eigenvalue weighted by atomic mass is 9.61. The first kappa shape index (κ1) is 21.0. The number of imidazole rings is 1. The van der Waals surface area contributed by atoms with Gasteiger partial charge in [0.1, 0.15) is 5.82 Å². The number of nitriles is 1. The predicted octanol–water partition coefficient (Wildman–Crippen LogP) is 3.81. The van der Waals surface area contributed by atoms with Crippen molar-refractivity contribution in [3.05, 3.63) is 99.9 Å². The summed E-state index contributed by atoms with van der Waals surface area (Å²) in [5.41, 5.74) is 0.356. The Morgan fingerprint density at radius 3 is 2.69 bits per heavy atom. The Hall–Kier alpha value is -4.55. The van der Waals surface area contributed by atoms with Crippen LogP contribution in [-0.4, -0.2) is 39.3 Å². The lowest BCUT2D eigenvalue weighted by molar-refractivity contribution is -0.384. The van der Waals surface area contributed by atoms with Gasteiger partial charge in [0.2, 0.25) is 0 Å². The molecule has 2 N–H and O–H groups in total. The van der Waals surface area contributed by atoms with Gasteiger partial charge < -0.3 is 10.3 Å². The van der Waals surface area contributed by atoms with E-state index in [1.165, 1.54) is 12.1 Å². The minimum atomic E-state index is -1.51. The van der Waals surface area contributed by atoms with Gasteiger partial charge in [-0.25, -0.2) is 4.98 Å². The number of carbonyl (C=O) groups is 1. The van der Waals surface area contributed by atoms with Gasteiger partial charge in [-0.05, 0) is 30.8 Å². The van der Waals surface area contributed by atoms with Crippen LogP contribution < -0.4 is 5.32 Å². The third-order valence-electron chi connectivity index (χ3n) is 7.44. The van der Waals surface area contributed by atoms with Crippen LogP contribution in [0.5, 0.6) is 0 Å². The second-order valence-corrected chi connectivity index (χ2v) is 9.02. The van der Waals surface area contributed by atoms with E-state index in [2.05, 4.69) is 16.4 Å². The zero-order valence-corrected chi connectivity index (χ0v) is 18.7. The maximum atomic E-state index is 13.9. The van der Waals surface area contributed by atoms with Crippen molar-refractivity contribution in [2.75, 3.05) is 18.9 Å². The number of benzene rings is 3. The highest BCUT2D eigenvalue weighted by atomic mass is 16.6. The normalized spacial score (nSPS) is 25.5. The first-order chi connectivity index (χ1) is 16.9. The van der Waals surface area contributed by atoms with Crippen LogP contribution in [-0.2, 0) is 15.7 Å². The minimum Gasteiger partial charge on any atom is -0.341 e. The minimum absolute atomic E-state index is 0.0705. The predicted molar refractivity (Wildman–Crippen MR) is 129 cm³/mol. The van der Waals surface area contributed by atoms with Crippen molar-refractivity contribution >= 4 is 28.3 Å². The summed E-state index contributed by atoms with van der Waals surface area (Å²) in [6.45, 7) is 0.313. The van der Waals surface area contributed by atoms with Crippen LogP contribution in [0, 0.1) is 21.4 Å². The van der Waals surface area contributed by atoms with Crippen LogP contribution in [0.1, 0.15) is 22.9 Å². The molecule has 1 amide bonds. The topological polar surface area (TPSA) is 128 Å². The van der Waals surface area contributed by atoms with Crippen molar-refractivity contribution in [1.29, 1.82) is 5.26 Å². The number of nitrogens with one attached hydrogen (secondary N) is 2. The molecule has 172 valence electrons. The van der Waals surface area contributed by atoms with E-state index >= 15 is 0 Å². The lowest BCUT2D eigenvalue weighted by Crippen LogP contribution is -2.57. The fourth-order valence-electron chi connectivity index (χ4n) is 6.01. The number of aromatic amines is 1. The first-order valence-corrected chi connectivity index (χ1v) is 11.2. The van der Waals surface area contributed by atoms with Gasteiger partial charge in [0, 0.05) is 35.8 Å². The van der Waals surface area contributed by atoms with Crippen molar-refractivity contribution in [1.82, 2.24) is 14.9 Å². The number of likely N-dealkylation sites (N-methyl/N-ethyl adjacent to an activating group) is 1. The Balaban J connectivity index is 1.71. The van der Waals surface area contributed by atoms with Gasteiger partial charge in [0.25, 0.3) is 11.6 Å². The molecule has 3 atom stereocenters. The van der Waals surface area contributed by atoms with Crippen LogP contribution in [0.15, 0.2) is 72.8 Å². The second-order valence-electron chi connectivity index (χ2n) is 9.02. The third kappa shape index (κ3) is 2.54. The fourth-order valence-corrected chi connectivity index (χ4v) is 6.01. The van der Waals surface area contributed by atoms with Crippen LogP contribution in [0.2, 0.25) is 0 Å². The number of nitro groups is 1. The largest absolute Gasteiger partial charge is 0.341 e. The van der Waals surface area contributed by atoms with Crippen molar-refractivity contribution < 1.29 is 9.72 Å². The Morgan fingerprint density at radius 1 is 1.14 bits per heavy atom. The number of carbonyl (C=O) groups excluding carboxylic acids is 1. The molecular weight excluding hydrogens is 444 g/mol. The van der Waals surface area contributed by atoms with Crippen molar-refractivity contribution in [2.24, 2.45) is 0 Å². The van der Waals surface area contributed by atoms with Crippen LogP contribution >= 0.6 is 0 Å². The number of likely N-dealkylation sites (tertiary alicyclic amines) is 1. The van der Waals surface area contributed by atoms with E-state index in [1.54, 1.807) is 12.1 Å². The summed E-state index contributed by atoms with van der Waals surface area (Å²) in [5.74, 6) is -0.556. The maximum Gasteiger partial charge on any atom is 0.269 e. The van der Waals surface area contributed by atoms with Crippen molar-refractivity contribution in [3.8, 4) is 6.07 Å². The van der Waals surface area contributed by atoms with Gasteiger partial charge >= 0.3 is 0 Å². The van der Waals surface area contributed by atoms with Crippen LogP contribution in [0.25, 0.3) is 11.0 Å². The van der Waals surface area contributed by atoms with Crippen molar-refractivity contribution in [3.63, 3.8) is 0 Å². The van der Waals surface area contributed by atoms with Gasteiger partial charge in [-0.2, -0.15) is 5.26 Å². The fraction of sp³-hybridized carbons (Fsp3) is 0.192. The second kappa shape index (κ2) is 7.22. The molecule has 2 aliphatic rings. The monoisotopic (exact) mass is 464 g/mol. The number of hydrogen-bond acceptors (Lipinski definition) is 6. The number of hydrogen-bond donors (Lipinski definition) is 2. The molecule has 1 spiro atoms. The standard InChI is InChI=1S/C26H20N6O3/c1-31-14-19(16-7-6-8-17(13-16)32(34)35)25(15-27,23-28-21-11-4-5-12-22(21)29-23)26(31)18-9-2-3-10-20(18)30-24(26)33/h2-13,19H,14H2,1H3,(H,28,29)(H,30,33)/t19-,25-,26+/m1/s1. The molecule has 3 heterocycles. The summed E-state index contributed by atoms with van der Waals surface area (Å²) in [4.78, 5) is 35.0. The quantitative estimate of drug-likeness (QED) is 0.351. The average Bonchev–Trinajstić information content (AvgIpc) is 3.51. The molecule has 9 nitrogen and oxygen atoms in total. The zero-order chi connectivity index (χ0) is 24.4. The van der Waals surface area contributed by atoms with E-state index in [0.29, 0.717) is 34.7 Å². The smallest absolute Gasteiger partial charge is 0.269 e. The Bertz CT molecular complexity index is 1540. The van der Waals surface area contributed by atoms with Gasteiger partial charge in [-0.15, -0.1) is 0 Å². The molecule has 6 rings (SSSR count). The third-order valence-corrected chi connectivity index (χ3v) is 7.44. The molecule has 3 aromatic carbocycles. The highest BCUT2D eigenvalue weighted by Crippen LogP contribution is 2.62. The van der Waals surface area contributed by atoms with Gasteiger partial charge in [-0.3, -0.25) is 19.8 Å². The molecule has 0 aliphatic carbocycles. The zero-order valence-electron chi connectivity index (χ0n) is 18.7. The average molecular weight is 464 g/mol. The van der Waals surface area contributed by atoms with Gasteiger partial charge in [0.05, 0.1) is 22.0 Å². The summed E-state index contributed by atoms with van der Waals surface area (Å²) in [5, 5.41) is 25.6. The molecule has 1 fully saturated rings. The first-order valence-electron chi connectivity index (χ1n) is 11.2. The summed E-state index contributed by atoms with van der Waals surface area (Å²) >= 11 is 0. The Kier molecular flexibility index (Phi) is 4.34. The molecule has 0 radical (unpaired) electrons. The molecule has 4 aromatic rings. The Labute approximate surface area is 200 Å². The number of fused-ring (bicyclic) bond motifs is 3. The number of amides is 1. The number of aromatic nitrogens is 2. The van der Waals surface area contributed by atoms with E-state index in [1.807, 2.05) is 60.5 Å². The van der Waals surface area contributed by atoms with E-state index < -0.39 is 21.8 Å². The number of nitrogens with zero attached hydrogens (tertiary/aromatic N) is 4. The SMILES string of the molecule is CN1C[C@H](c2cccc([N+](=O)[O-])c2)[C@](C#N)(c2nc3ccccc3[nH]2)[C@]12C(=O)Nc1ccccc12. The van der Waals surface area contributed by atoms with Crippen molar-refractivity contribution in [2.45, 2.75) is 16.9 Å². The maximum absolute atomic E-state index is 13.9. The molecule has 0 bridgehead atoms. The molecule has 9 heteroatoms. The number of rotatable bonds is 3. The van der Waals surface area contributed by atoms with E-state index in [4.69, 9.17) is 4.98 Å². The van der Waals surface area contributed by atoms with Crippen LogP contribution in [0.4, 0.5) is 11.4 Å². The highest BCUT2D eigenvalue weighted by Gasteiger charge is 2.73. The lowest BCUT2D eigenvalue weighted by Gasteiger charge is -2.41. The molecule has 1 aromatic heterocycles. The summed E-state index contributed by atoms with van der Waals surface area (Å²) in [6.07, 6.45) is 0. The van der Waals surface area contributed by atoms with E-state index in [9.17, 15) is 20.2 Å². The van der Waals surface area contributed by atoms with Gasteiger partial charge in [0.15, 0.2) is 11.0 Å². The van der Waals surface area contributed by atoms with E-state index in [0.717, 1.165) is 5.52 Å². The molecular formula is C26H20N6O3. The van der Waals surface area contributed by atoms with Gasteiger partial charge in [-0.1, -0.05) is 42.5 Å². The number of non-ortho nitro benzene ring substituents is 1. The molecule has 2 aliphatic heterocycles. The molecule has 35 heavy (non-hydrogen) atoms. The number of anilines is 1. The summed E-state index contributed by atoms with van der Waals surface area (Å²) < 4.78 is 0. The molecule has 0 unspecified atom stereocenters. The molecule has 0 saturated carbocycles. The number of nitro benzene ring substituents is 1. The number of H-pyrrole nitrogens is 1. The molecule has 1 saturated heterocycles. The Morgan fingerprint density at radius 2 is 1.91 bits per heavy atom.